The highest BCUT2D eigenvalue weighted by atomic mass is 16.3. The molecule has 106 valence electrons. The van der Waals surface area contributed by atoms with Gasteiger partial charge in [0, 0.05) is 5.56 Å². The zero-order valence-electron chi connectivity index (χ0n) is 11.8. The maximum absolute atomic E-state index is 9.94. The van der Waals surface area contributed by atoms with E-state index in [0.717, 1.165) is 31.5 Å². The second kappa shape index (κ2) is 6.80. The summed E-state index contributed by atoms with van der Waals surface area (Å²) in [6.07, 6.45) is 6.71. The number of hydrogen-bond donors (Lipinski definition) is 3. The lowest BCUT2D eigenvalue weighted by Gasteiger charge is -2.25. The van der Waals surface area contributed by atoms with Crippen molar-refractivity contribution in [2.45, 2.75) is 45.4 Å². The van der Waals surface area contributed by atoms with Gasteiger partial charge in [0.15, 0.2) is 11.5 Å². The van der Waals surface area contributed by atoms with Crippen LogP contribution in [0.4, 0.5) is 0 Å². The van der Waals surface area contributed by atoms with Crippen molar-refractivity contribution in [1.82, 2.24) is 5.32 Å². The first-order valence-corrected chi connectivity index (χ1v) is 7.45. The molecule has 0 saturated heterocycles. The lowest BCUT2D eigenvalue weighted by Crippen LogP contribution is -2.19. The molecule has 0 saturated carbocycles. The fraction of sp³-hybridized carbons (Fsp3) is 0.625. The van der Waals surface area contributed by atoms with Gasteiger partial charge in [0.25, 0.3) is 0 Å². The van der Waals surface area contributed by atoms with E-state index in [2.05, 4.69) is 12.2 Å². The van der Waals surface area contributed by atoms with Crippen molar-refractivity contribution in [3.05, 3.63) is 23.3 Å². The Morgan fingerprint density at radius 2 is 2.11 bits per heavy atom. The standard InChI is InChI=1S/C16H25NO2/c1-2-9-17-10-3-4-12-5-6-13-7-8-15(18)16(19)14(13)11-12/h7-8,12,17-19H,2-6,9-11H2,1H3/t12-/m1/s1. The molecule has 0 amide bonds. The Kier molecular flexibility index (Phi) is 5.08. The second-order valence-electron chi connectivity index (χ2n) is 5.57. The van der Waals surface area contributed by atoms with Gasteiger partial charge in [-0.05, 0) is 69.2 Å². The number of aryl methyl sites for hydroxylation is 1. The van der Waals surface area contributed by atoms with Gasteiger partial charge in [0.05, 0.1) is 0 Å². The highest BCUT2D eigenvalue weighted by Gasteiger charge is 2.22. The molecule has 0 radical (unpaired) electrons. The highest BCUT2D eigenvalue weighted by molar-refractivity contribution is 5.50. The highest BCUT2D eigenvalue weighted by Crippen LogP contribution is 2.38. The van der Waals surface area contributed by atoms with Gasteiger partial charge in [-0.25, -0.2) is 0 Å². The van der Waals surface area contributed by atoms with Crippen molar-refractivity contribution >= 4 is 0 Å². The van der Waals surface area contributed by atoms with Gasteiger partial charge in [0.1, 0.15) is 0 Å². The van der Waals surface area contributed by atoms with Gasteiger partial charge in [0.2, 0.25) is 0 Å². The number of phenols is 2. The maximum Gasteiger partial charge on any atom is 0.160 e. The third-order valence-corrected chi connectivity index (χ3v) is 4.07. The average molecular weight is 263 g/mol. The predicted octanol–water partition coefficient (Wildman–Crippen LogP) is 2.98. The van der Waals surface area contributed by atoms with E-state index in [1.54, 1.807) is 6.07 Å². The zero-order valence-corrected chi connectivity index (χ0v) is 11.8. The normalized spacial score (nSPS) is 18.3. The summed E-state index contributed by atoms with van der Waals surface area (Å²) in [6.45, 7) is 4.37. The number of benzene rings is 1. The van der Waals surface area contributed by atoms with Crippen LogP contribution in [0, 0.1) is 5.92 Å². The summed E-state index contributed by atoms with van der Waals surface area (Å²) in [5.74, 6) is 0.763. The van der Waals surface area contributed by atoms with Crippen molar-refractivity contribution < 1.29 is 10.2 Å². The van der Waals surface area contributed by atoms with Crippen LogP contribution >= 0.6 is 0 Å². The maximum atomic E-state index is 9.94. The topological polar surface area (TPSA) is 52.5 Å². The van der Waals surface area contributed by atoms with Crippen LogP contribution in [0.15, 0.2) is 12.1 Å². The van der Waals surface area contributed by atoms with E-state index in [1.165, 1.54) is 31.2 Å². The molecule has 0 unspecified atom stereocenters. The Morgan fingerprint density at radius 3 is 2.89 bits per heavy atom. The first-order valence-electron chi connectivity index (χ1n) is 7.45. The summed E-state index contributed by atoms with van der Waals surface area (Å²) >= 11 is 0. The van der Waals surface area contributed by atoms with Gasteiger partial charge in [-0.3, -0.25) is 0 Å². The Hall–Kier alpha value is -1.22. The molecular weight excluding hydrogens is 238 g/mol. The van der Waals surface area contributed by atoms with E-state index in [1.807, 2.05) is 6.07 Å². The van der Waals surface area contributed by atoms with Crippen LogP contribution < -0.4 is 5.32 Å². The first-order chi connectivity index (χ1) is 9.22. The van der Waals surface area contributed by atoms with Gasteiger partial charge >= 0.3 is 0 Å². The molecule has 2 rings (SSSR count). The van der Waals surface area contributed by atoms with E-state index in [9.17, 15) is 10.2 Å². The minimum absolute atomic E-state index is 0.0176. The van der Waals surface area contributed by atoms with Gasteiger partial charge in [-0.2, -0.15) is 0 Å². The summed E-state index contributed by atoms with van der Waals surface area (Å²) in [6, 6.07) is 3.55. The number of hydrogen-bond acceptors (Lipinski definition) is 3. The summed E-state index contributed by atoms with van der Waals surface area (Å²) in [5.41, 5.74) is 2.17. The molecule has 0 bridgehead atoms. The van der Waals surface area contributed by atoms with E-state index in [4.69, 9.17) is 0 Å². The van der Waals surface area contributed by atoms with Crippen LogP contribution in [0.1, 0.15) is 43.7 Å². The molecule has 3 N–H and O–H groups in total. The van der Waals surface area contributed by atoms with Crippen molar-refractivity contribution in [3.63, 3.8) is 0 Å². The lowest BCUT2D eigenvalue weighted by atomic mass is 9.81. The molecule has 0 heterocycles. The fourth-order valence-corrected chi connectivity index (χ4v) is 2.94. The quantitative estimate of drug-likeness (QED) is 0.546. The van der Waals surface area contributed by atoms with Crippen LogP contribution in [0.5, 0.6) is 11.5 Å². The van der Waals surface area contributed by atoms with Crippen LogP contribution in [-0.2, 0) is 12.8 Å². The average Bonchev–Trinajstić information content (AvgIpc) is 2.43. The summed E-state index contributed by atoms with van der Waals surface area (Å²) in [4.78, 5) is 0. The van der Waals surface area contributed by atoms with E-state index in [0.29, 0.717) is 5.92 Å². The molecule has 1 aliphatic rings. The molecule has 1 aromatic carbocycles. The van der Waals surface area contributed by atoms with Crippen molar-refractivity contribution in [3.8, 4) is 11.5 Å². The predicted molar refractivity (Wildman–Crippen MR) is 77.7 cm³/mol. The number of nitrogens with one attached hydrogen (secondary N) is 1. The van der Waals surface area contributed by atoms with E-state index >= 15 is 0 Å². The molecule has 0 aromatic heterocycles. The van der Waals surface area contributed by atoms with E-state index < -0.39 is 0 Å². The minimum Gasteiger partial charge on any atom is -0.504 e. The molecule has 0 fully saturated rings. The number of rotatable bonds is 6. The number of aromatic hydroxyl groups is 2. The summed E-state index contributed by atoms with van der Waals surface area (Å²) in [5, 5.41) is 22.9. The molecule has 3 nitrogen and oxygen atoms in total. The third kappa shape index (κ3) is 3.63. The van der Waals surface area contributed by atoms with Crippen molar-refractivity contribution in [1.29, 1.82) is 0 Å². The molecule has 3 heteroatoms. The monoisotopic (exact) mass is 263 g/mol. The van der Waals surface area contributed by atoms with Gasteiger partial charge < -0.3 is 15.5 Å². The minimum atomic E-state index is 0.0176. The molecular formula is C16H25NO2. The first kappa shape index (κ1) is 14.2. The second-order valence-corrected chi connectivity index (χ2v) is 5.57. The number of phenolic OH excluding ortho intramolecular Hbond substituents is 2. The SMILES string of the molecule is CCCNCCC[C@@H]1CCc2ccc(O)c(O)c2C1. The Morgan fingerprint density at radius 1 is 1.26 bits per heavy atom. The third-order valence-electron chi connectivity index (χ3n) is 4.07. The Labute approximate surface area is 115 Å². The van der Waals surface area contributed by atoms with Crippen LogP contribution in [0.3, 0.4) is 0 Å². The largest absolute Gasteiger partial charge is 0.504 e. The molecule has 0 spiro atoms. The molecule has 19 heavy (non-hydrogen) atoms. The van der Waals surface area contributed by atoms with Gasteiger partial charge in [-0.15, -0.1) is 0 Å². The smallest absolute Gasteiger partial charge is 0.160 e. The van der Waals surface area contributed by atoms with E-state index in [-0.39, 0.29) is 11.5 Å². The summed E-state index contributed by atoms with van der Waals surface area (Å²) < 4.78 is 0. The van der Waals surface area contributed by atoms with Crippen LogP contribution in [0.2, 0.25) is 0 Å². The number of fused-ring (bicyclic) bond motifs is 1. The van der Waals surface area contributed by atoms with Crippen LogP contribution in [0.25, 0.3) is 0 Å². The summed E-state index contributed by atoms with van der Waals surface area (Å²) in [7, 11) is 0. The Balaban J connectivity index is 1.85. The fourth-order valence-electron chi connectivity index (χ4n) is 2.94. The Bertz CT molecular complexity index is 417. The molecule has 1 aromatic rings. The molecule has 1 atom stereocenters. The molecule has 0 aliphatic heterocycles. The zero-order chi connectivity index (χ0) is 13.7. The van der Waals surface area contributed by atoms with Crippen molar-refractivity contribution in [2.75, 3.05) is 13.1 Å². The molecule has 1 aliphatic carbocycles. The lowest BCUT2D eigenvalue weighted by molar-refractivity contribution is 0.371. The van der Waals surface area contributed by atoms with Crippen LogP contribution in [-0.4, -0.2) is 23.3 Å². The van der Waals surface area contributed by atoms with Gasteiger partial charge in [-0.1, -0.05) is 13.0 Å². The van der Waals surface area contributed by atoms with Crippen molar-refractivity contribution in [2.24, 2.45) is 5.92 Å².